The Morgan fingerprint density at radius 2 is 1.68 bits per heavy atom. The first-order valence-corrected chi connectivity index (χ1v) is 8.52. The maximum atomic E-state index is 13.1. The number of carbonyl (C=O) groups is 2. The van der Waals surface area contributed by atoms with Crippen LogP contribution in [0.2, 0.25) is 0 Å². The van der Waals surface area contributed by atoms with Gasteiger partial charge in [0.2, 0.25) is 0 Å². The van der Waals surface area contributed by atoms with Crippen LogP contribution in [0.3, 0.4) is 0 Å². The van der Waals surface area contributed by atoms with Gasteiger partial charge in [-0.15, -0.1) is 0 Å². The molecule has 1 amide bonds. The van der Waals surface area contributed by atoms with E-state index in [4.69, 9.17) is 0 Å². The van der Waals surface area contributed by atoms with Gasteiger partial charge in [-0.1, -0.05) is 39.0 Å². The molecule has 0 aliphatic carbocycles. The number of hydrogen-bond donors (Lipinski definition) is 0. The van der Waals surface area contributed by atoms with E-state index in [1.165, 1.54) is 0 Å². The summed E-state index contributed by atoms with van der Waals surface area (Å²) >= 11 is 0. The Balaban J connectivity index is 2.55. The first-order chi connectivity index (χ1) is 11.6. The lowest BCUT2D eigenvalue weighted by atomic mass is 9.83. The van der Waals surface area contributed by atoms with Gasteiger partial charge in [0.1, 0.15) is 0 Å². The molecule has 0 N–H and O–H groups in total. The molecule has 0 aliphatic heterocycles. The highest BCUT2D eigenvalue weighted by Gasteiger charge is 2.24. The second-order valence-corrected chi connectivity index (χ2v) is 7.71. The van der Waals surface area contributed by atoms with E-state index in [0.717, 1.165) is 34.2 Å². The molecule has 0 aliphatic rings. The van der Waals surface area contributed by atoms with Crippen LogP contribution in [0, 0.1) is 20.8 Å². The third-order valence-corrected chi connectivity index (χ3v) is 4.81. The molecule has 2 rings (SSSR count). The summed E-state index contributed by atoms with van der Waals surface area (Å²) in [5.41, 5.74) is 5.79. The molecule has 2 aromatic carbocycles. The minimum Gasteiger partial charge on any atom is -0.311 e. The minimum absolute atomic E-state index is 0.0802. The predicted octanol–water partition coefficient (Wildman–Crippen LogP) is 5.00. The first kappa shape index (κ1) is 18.9. The first-order valence-electron chi connectivity index (χ1n) is 8.52. The number of aryl methyl sites for hydroxylation is 2. The van der Waals surface area contributed by atoms with Crippen molar-refractivity contribution in [2.24, 2.45) is 0 Å². The zero-order valence-corrected chi connectivity index (χ0v) is 16.2. The van der Waals surface area contributed by atoms with Crippen molar-refractivity contribution in [2.75, 3.05) is 11.9 Å². The molecule has 0 heterocycles. The van der Waals surface area contributed by atoms with E-state index in [9.17, 15) is 9.59 Å². The molecule has 0 atom stereocenters. The maximum Gasteiger partial charge on any atom is 0.259 e. The fourth-order valence-electron chi connectivity index (χ4n) is 3.01. The SMILES string of the molecule is Cc1cccc(N(C)C(=O)c2c(C)cc(C(C)(C)C)cc2C=O)c1C. The highest BCUT2D eigenvalue weighted by Crippen LogP contribution is 2.29. The van der Waals surface area contributed by atoms with Crippen LogP contribution in [0.25, 0.3) is 0 Å². The average molecular weight is 337 g/mol. The van der Waals surface area contributed by atoms with Gasteiger partial charge < -0.3 is 4.90 Å². The van der Waals surface area contributed by atoms with Crippen LogP contribution in [-0.2, 0) is 5.41 Å². The van der Waals surface area contributed by atoms with Crippen LogP contribution in [0.5, 0.6) is 0 Å². The summed E-state index contributed by atoms with van der Waals surface area (Å²) in [7, 11) is 1.76. The molecule has 3 nitrogen and oxygen atoms in total. The van der Waals surface area contributed by atoms with Crippen molar-refractivity contribution < 1.29 is 9.59 Å². The van der Waals surface area contributed by atoms with Crippen LogP contribution in [-0.4, -0.2) is 19.2 Å². The van der Waals surface area contributed by atoms with Crippen LogP contribution < -0.4 is 4.90 Å². The van der Waals surface area contributed by atoms with Crippen LogP contribution >= 0.6 is 0 Å². The highest BCUT2D eigenvalue weighted by molar-refractivity contribution is 6.11. The number of carbonyl (C=O) groups excluding carboxylic acids is 2. The summed E-state index contributed by atoms with van der Waals surface area (Å²) in [5.74, 6) is -0.159. The van der Waals surface area contributed by atoms with Gasteiger partial charge in [-0.05, 0) is 60.6 Å². The topological polar surface area (TPSA) is 37.4 Å². The molecule has 0 bridgehead atoms. The molecular weight excluding hydrogens is 310 g/mol. The van der Waals surface area contributed by atoms with Crippen molar-refractivity contribution in [3.8, 4) is 0 Å². The van der Waals surface area contributed by atoms with Gasteiger partial charge in [-0.3, -0.25) is 9.59 Å². The standard InChI is InChI=1S/C22H27NO2/c1-14-9-8-10-19(16(14)3)23(7)21(25)20-15(2)11-18(22(4,5)6)12-17(20)13-24/h8-13H,1-7H3. The molecule has 0 fully saturated rings. The highest BCUT2D eigenvalue weighted by atomic mass is 16.2. The number of rotatable bonds is 3. The van der Waals surface area contributed by atoms with Crippen molar-refractivity contribution in [3.05, 3.63) is 63.7 Å². The monoisotopic (exact) mass is 337 g/mol. The van der Waals surface area contributed by atoms with E-state index in [-0.39, 0.29) is 11.3 Å². The Kier molecular flexibility index (Phi) is 5.17. The van der Waals surface area contributed by atoms with Crippen molar-refractivity contribution in [3.63, 3.8) is 0 Å². The summed E-state index contributed by atoms with van der Waals surface area (Å²) in [4.78, 5) is 26.4. The molecular formula is C22H27NO2. The number of hydrogen-bond acceptors (Lipinski definition) is 2. The largest absolute Gasteiger partial charge is 0.311 e. The Labute approximate surface area is 150 Å². The van der Waals surface area contributed by atoms with Crippen LogP contribution in [0.4, 0.5) is 5.69 Å². The Bertz CT molecular complexity index is 829. The van der Waals surface area contributed by atoms with Crippen molar-refractivity contribution in [1.29, 1.82) is 0 Å². The number of nitrogens with zero attached hydrogens (tertiary/aromatic N) is 1. The molecule has 132 valence electrons. The number of benzene rings is 2. The summed E-state index contributed by atoms with van der Waals surface area (Å²) < 4.78 is 0. The van der Waals surface area contributed by atoms with Gasteiger partial charge in [0.15, 0.2) is 6.29 Å². The van der Waals surface area contributed by atoms with E-state index in [1.54, 1.807) is 11.9 Å². The molecule has 0 radical (unpaired) electrons. The van der Waals surface area contributed by atoms with Gasteiger partial charge in [0.25, 0.3) is 5.91 Å². The quantitative estimate of drug-likeness (QED) is 0.739. The summed E-state index contributed by atoms with van der Waals surface area (Å²) in [6.45, 7) is 12.2. The van der Waals surface area contributed by atoms with Crippen molar-refractivity contribution in [1.82, 2.24) is 0 Å². The Hall–Kier alpha value is -2.42. The van der Waals surface area contributed by atoms with Gasteiger partial charge in [-0.25, -0.2) is 0 Å². The summed E-state index contributed by atoms with van der Waals surface area (Å²) in [6, 6.07) is 9.75. The molecule has 25 heavy (non-hydrogen) atoms. The molecule has 0 saturated carbocycles. The fourth-order valence-corrected chi connectivity index (χ4v) is 3.01. The van der Waals surface area contributed by atoms with E-state index in [1.807, 2.05) is 51.1 Å². The second-order valence-electron chi connectivity index (χ2n) is 7.71. The van der Waals surface area contributed by atoms with E-state index in [2.05, 4.69) is 20.8 Å². The molecule has 0 saturated heterocycles. The average Bonchev–Trinajstić information content (AvgIpc) is 2.54. The molecule has 0 unspecified atom stereocenters. The maximum absolute atomic E-state index is 13.1. The minimum atomic E-state index is -0.159. The second kappa shape index (κ2) is 6.83. The lowest BCUT2D eigenvalue weighted by molar-refractivity contribution is 0.0985. The van der Waals surface area contributed by atoms with E-state index in [0.29, 0.717) is 11.1 Å². The number of aldehydes is 1. The zero-order valence-electron chi connectivity index (χ0n) is 16.2. The van der Waals surface area contributed by atoms with Gasteiger partial charge in [0.05, 0.1) is 5.56 Å². The van der Waals surface area contributed by atoms with Gasteiger partial charge >= 0.3 is 0 Å². The Morgan fingerprint density at radius 3 is 2.24 bits per heavy atom. The van der Waals surface area contributed by atoms with E-state index >= 15 is 0 Å². The Morgan fingerprint density at radius 1 is 1.04 bits per heavy atom. The smallest absolute Gasteiger partial charge is 0.259 e. The fraction of sp³-hybridized carbons (Fsp3) is 0.364. The lowest BCUT2D eigenvalue weighted by Gasteiger charge is -2.25. The molecule has 2 aromatic rings. The third kappa shape index (κ3) is 3.65. The molecule has 3 heteroatoms. The zero-order chi connectivity index (χ0) is 18.9. The number of amides is 1. The summed E-state index contributed by atoms with van der Waals surface area (Å²) in [5, 5.41) is 0. The van der Waals surface area contributed by atoms with Gasteiger partial charge in [0, 0.05) is 18.3 Å². The van der Waals surface area contributed by atoms with Crippen LogP contribution in [0.1, 0.15) is 63.7 Å². The van der Waals surface area contributed by atoms with Crippen molar-refractivity contribution >= 4 is 17.9 Å². The predicted molar refractivity (Wildman–Crippen MR) is 104 cm³/mol. The normalized spacial score (nSPS) is 11.3. The lowest BCUT2D eigenvalue weighted by Crippen LogP contribution is -2.29. The van der Waals surface area contributed by atoms with E-state index < -0.39 is 0 Å². The molecule has 0 spiro atoms. The number of anilines is 1. The molecule has 0 aromatic heterocycles. The third-order valence-electron chi connectivity index (χ3n) is 4.81. The summed E-state index contributed by atoms with van der Waals surface area (Å²) in [6.07, 6.45) is 0.784. The van der Waals surface area contributed by atoms with Gasteiger partial charge in [-0.2, -0.15) is 0 Å². The van der Waals surface area contributed by atoms with Crippen molar-refractivity contribution in [2.45, 2.75) is 47.0 Å². The van der Waals surface area contributed by atoms with Crippen LogP contribution in [0.15, 0.2) is 30.3 Å².